The molecular weight excluding hydrogens is 564 g/mol. The summed E-state index contributed by atoms with van der Waals surface area (Å²) >= 11 is 0. The molecule has 4 N–H and O–H groups in total. The van der Waals surface area contributed by atoms with Crippen LogP contribution in [-0.2, 0) is 14.9 Å². The van der Waals surface area contributed by atoms with Crippen LogP contribution in [0.15, 0.2) is 62.6 Å². The first kappa shape index (κ1) is 32.4. The molecule has 0 spiro atoms. The summed E-state index contributed by atoms with van der Waals surface area (Å²) in [5.41, 5.74) is 6.88. The fraction of sp³-hybridized carbons (Fsp3) is 0.452. The second-order valence-electron chi connectivity index (χ2n) is 10.9. The zero-order chi connectivity index (χ0) is 31.5. The number of nitrogens with one attached hydrogen (secondary N) is 2. The van der Waals surface area contributed by atoms with Crippen LogP contribution in [-0.4, -0.2) is 84.8 Å². The molecule has 5 rings (SSSR count). The molecule has 5 heterocycles. The Bertz CT molecular complexity index is 1450. The van der Waals surface area contributed by atoms with E-state index in [-0.39, 0.29) is 29.3 Å². The zero-order valence-electron chi connectivity index (χ0n) is 25.8. The lowest BCUT2D eigenvalue weighted by molar-refractivity contribution is -0.116. The Morgan fingerprint density at radius 2 is 1.98 bits per heavy atom. The van der Waals surface area contributed by atoms with E-state index < -0.39 is 6.03 Å². The van der Waals surface area contributed by atoms with Crippen molar-refractivity contribution in [1.82, 2.24) is 20.4 Å². The number of likely N-dealkylation sites (tertiary alicyclic amines) is 1. The van der Waals surface area contributed by atoms with Gasteiger partial charge in [-0.05, 0) is 18.1 Å². The average Bonchev–Trinajstić information content (AvgIpc) is 3.65. The monoisotopic (exact) mass is 604 g/mol. The summed E-state index contributed by atoms with van der Waals surface area (Å²) in [7, 11) is 0. The number of rotatable bonds is 6. The minimum atomic E-state index is -0.682. The smallest absolute Gasteiger partial charge is 0.348 e. The van der Waals surface area contributed by atoms with E-state index in [9.17, 15) is 4.79 Å². The van der Waals surface area contributed by atoms with Crippen molar-refractivity contribution in [2.45, 2.75) is 52.2 Å². The van der Waals surface area contributed by atoms with E-state index in [0.29, 0.717) is 48.4 Å². The van der Waals surface area contributed by atoms with Gasteiger partial charge in [0.25, 0.3) is 0 Å². The van der Waals surface area contributed by atoms with Crippen LogP contribution in [0.5, 0.6) is 5.75 Å². The van der Waals surface area contributed by atoms with Gasteiger partial charge >= 0.3 is 6.03 Å². The number of aromatic nitrogens is 2. The zero-order valence-corrected chi connectivity index (χ0v) is 25.8. The van der Waals surface area contributed by atoms with Crippen molar-refractivity contribution in [2.75, 3.05) is 44.8 Å². The third-order valence-corrected chi connectivity index (χ3v) is 6.50. The summed E-state index contributed by atoms with van der Waals surface area (Å²) in [6.45, 7) is 14.4. The minimum absolute atomic E-state index is 0.0393. The molecule has 2 atom stereocenters. The van der Waals surface area contributed by atoms with Crippen LogP contribution in [0.4, 0.5) is 10.6 Å². The van der Waals surface area contributed by atoms with Gasteiger partial charge < -0.3 is 29.8 Å². The Morgan fingerprint density at radius 3 is 2.59 bits per heavy atom. The molecule has 0 bridgehead atoms. The molecule has 234 valence electrons. The predicted molar refractivity (Wildman–Crippen MR) is 168 cm³/mol. The Labute approximate surface area is 257 Å². The van der Waals surface area contributed by atoms with Crippen molar-refractivity contribution in [2.24, 2.45) is 15.7 Å². The number of aliphatic imine (C=N–C) groups is 2. The van der Waals surface area contributed by atoms with Crippen molar-refractivity contribution in [3.63, 3.8) is 0 Å². The van der Waals surface area contributed by atoms with Gasteiger partial charge in [0, 0.05) is 49.6 Å². The maximum atomic E-state index is 12.2. The lowest BCUT2D eigenvalue weighted by Gasteiger charge is -2.24. The fourth-order valence-electron chi connectivity index (χ4n) is 4.32. The number of hydrogen-bond donors (Lipinski definition) is 3. The fourth-order valence-corrected chi connectivity index (χ4v) is 4.32. The SMILES string of the molecule is CC.CC(C)(C)c1cc(NC(=O)/N=C(N)\C=C2\N=CC(C#Cc3ccc(OCCN4CC5OCCO[C@H]5C4)cn3)=CN2)no1. The van der Waals surface area contributed by atoms with E-state index in [1.165, 1.54) is 6.08 Å². The third kappa shape index (κ3) is 9.50. The van der Waals surface area contributed by atoms with Crippen molar-refractivity contribution in [1.29, 1.82) is 0 Å². The van der Waals surface area contributed by atoms with Crippen molar-refractivity contribution in [3.8, 4) is 17.6 Å². The standard InChI is InChI=1S/C29H34N8O5.C2H6/c1-29(2,3)24-12-27(36-42-24)35-28(38)34-25(30)13-26-32-14-19(15-33-26)4-5-20-6-7-21(16-31-20)39-9-8-37-17-22-23(18-37)41-11-10-40-22;1-2/h6-7,12-16,22-23,32H,8-11,17-18H2,1-3H3,(H3,30,34,35,36,38);1-2H3/b26-13+;/t22-,23?;/m0./s1. The van der Waals surface area contributed by atoms with Gasteiger partial charge in [0.05, 0.1) is 37.2 Å². The van der Waals surface area contributed by atoms with Gasteiger partial charge in [-0.15, -0.1) is 0 Å². The van der Waals surface area contributed by atoms with Gasteiger partial charge in [-0.25, -0.2) is 14.8 Å². The number of nitrogens with zero attached hydrogens (tertiary/aromatic N) is 5. The highest BCUT2D eigenvalue weighted by Gasteiger charge is 2.36. The Kier molecular flexibility index (Phi) is 11.3. The number of carbonyl (C=O) groups is 1. The molecule has 44 heavy (non-hydrogen) atoms. The van der Waals surface area contributed by atoms with Gasteiger partial charge in [-0.3, -0.25) is 10.2 Å². The van der Waals surface area contributed by atoms with Crippen LogP contribution in [0.25, 0.3) is 0 Å². The van der Waals surface area contributed by atoms with Crippen molar-refractivity contribution in [3.05, 3.63) is 59.5 Å². The topological polar surface area (TPSA) is 162 Å². The summed E-state index contributed by atoms with van der Waals surface area (Å²) in [5.74, 6) is 7.94. The Balaban J connectivity index is 0.00000216. The Hall–Kier alpha value is -4.51. The number of hydrogen-bond acceptors (Lipinski definition) is 10. The quantitative estimate of drug-likeness (QED) is 0.254. The van der Waals surface area contributed by atoms with E-state index in [0.717, 1.165) is 19.6 Å². The van der Waals surface area contributed by atoms with Crippen LogP contribution in [0.2, 0.25) is 0 Å². The molecule has 0 saturated carbocycles. The van der Waals surface area contributed by atoms with Gasteiger partial charge in [-0.1, -0.05) is 45.7 Å². The molecular formula is C31H40N8O5. The number of ether oxygens (including phenoxy) is 3. The molecule has 1 unspecified atom stereocenters. The number of amidine groups is 1. The van der Waals surface area contributed by atoms with Crippen LogP contribution in [0.1, 0.15) is 46.1 Å². The first-order valence-electron chi connectivity index (χ1n) is 14.6. The summed E-state index contributed by atoms with van der Waals surface area (Å²) < 4.78 is 22.6. The van der Waals surface area contributed by atoms with E-state index in [1.54, 1.807) is 30.7 Å². The van der Waals surface area contributed by atoms with Crippen LogP contribution >= 0.6 is 0 Å². The largest absolute Gasteiger partial charge is 0.491 e. The second-order valence-corrected chi connectivity index (χ2v) is 10.9. The molecule has 3 aliphatic rings. The number of anilines is 1. The highest BCUT2D eigenvalue weighted by Crippen LogP contribution is 2.24. The highest BCUT2D eigenvalue weighted by molar-refractivity contribution is 6.03. The second kappa shape index (κ2) is 15.3. The average molecular weight is 605 g/mol. The normalized spacial score (nSPS) is 20.8. The highest BCUT2D eigenvalue weighted by atomic mass is 16.6. The summed E-state index contributed by atoms with van der Waals surface area (Å²) in [5, 5.41) is 9.32. The van der Waals surface area contributed by atoms with E-state index in [1.807, 2.05) is 40.7 Å². The number of urea groups is 1. The molecule has 13 heteroatoms. The number of fused-ring (bicyclic) bond motifs is 1. The molecule has 2 aromatic heterocycles. The maximum absolute atomic E-state index is 12.2. The van der Waals surface area contributed by atoms with Crippen molar-refractivity contribution >= 4 is 23.9 Å². The van der Waals surface area contributed by atoms with E-state index >= 15 is 0 Å². The van der Waals surface area contributed by atoms with Gasteiger partial charge in [0.1, 0.15) is 35.5 Å². The number of pyridine rings is 1. The van der Waals surface area contributed by atoms with E-state index in [4.69, 9.17) is 24.5 Å². The number of carbonyl (C=O) groups excluding carboxylic acids is 1. The molecule has 0 aromatic carbocycles. The summed E-state index contributed by atoms with van der Waals surface area (Å²) in [4.78, 5) is 26.9. The van der Waals surface area contributed by atoms with Crippen LogP contribution in [0.3, 0.4) is 0 Å². The number of nitrogens with two attached hydrogens (primary N) is 1. The molecule has 13 nitrogen and oxygen atoms in total. The molecule has 0 aliphatic carbocycles. The number of allylic oxidation sites excluding steroid dienone is 1. The molecule has 2 amide bonds. The van der Waals surface area contributed by atoms with Crippen LogP contribution < -0.4 is 21.1 Å². The molecule has 2 saturated heterocycles. The lowest BCUT2D eigenvalue weighted by Crippen LogP contribution is -2.36. The first-order valence-corrected chi connectivity index (χ1v) is 14.6. The van der Waals surface area contributed by atoms with Gasteiger partial charge in [0.15, 0.2) is 5.82 Å². The lowest BCUT2D eigenvalue weighted by atomic mass is 9.93. The summed E-state index contributed by atoms with van der Waals surface area (Å²) in [6, 6.07) is 4.62. The predicted octanol–water partition coefficient (Wildman–Crippen LogP) is 3.21. The molecule has 2 fully saturated rings. The molecule has 3 aliphatic heterocycles. The molecule has 0 radical (unpaired) electrons. The maximum Gasteiger partial charge on any atom is 0.348 e. The summed E-state index contributed by atoms with van der Waals surface area (Å²) in [6.07, 6.45) is 6.67. The van der Waals surface area contributed by atoms with E-state index in [2.05, 4.69) is 47.5 Å². The number of amides is 2. The Morgan fingerprint density at radius 1 is 1.23 bits per heavy atom. The van der Waals surface area contributed by atoms with Crippen LogP contribution in [0, 0.1) is 11.8 Å². The van der Waals surface area contributed by atoms with Gasteiger partial charge in [0.2, 0.25) is 0 Å². The van der Waals surface area contributed by atoms with Crippen molar-refractivity contribution < 1.29 is 23.5 Å². The molecule has 2 aromatic rings. The third-order valence-electron chi connectivity index (χ3n) is 6.50. The van der Waals surface area contributed by atoms with Gasteiger partial charge in [-0.2, -0.15) is 4.99 Å². The first-order chi connectivity index (χ1) is 21.2. The minimum Gasteiger partial charge on any atom is -0.491 e.